The van der Waals surface area contributed by atoms with E-state index in [1.807, 2.05) is 12.1 Å². The fourth-order valence-corrected chi connectivity index (χ4v) is 4.04. The van der Waals surface area contributed by atoms with Gasteiger partial charge in [-0.05, 0) is 47.9 Å². The molecule has 0 spiro atoms. The van der Waals surface area contributed by atoms with E-state index in [0.29, 0.717) is 55.3 Å². The summed E-state index contributed by atoms with van der Waals surface area (Å²) >= 11 is 6.03. The van der Waals surface area contributed by atoms with Gasteiger partial charge >= 0.3 is 12.1 Å². The lowest BCUT2D eigenvalue weighted by Gasteiger charge is -2.27. The molecule has 186 valence electrons. The average molecular weight is 510 g/mol. The second-order valence-corrected chi connectivity index (χ2v) is 8.68. The van der Waals surface area contributed by atoms with Gasteiger partial charge in [-0.1, -0.05) is 23.7 Å². The predicted molar refractivity (Wildman–Crippen MR) is 124 cm³/mol. The van der Waals surface area contributed by atoms with Gasteiger partial charge in [-0.25, -0.2) is 4.79 Å². The number of hydrogen-bond acceptors (Lipinski definition) is 5. The Bertz CT molecular complexity index is 1160. The summed E-state index contributed by atoms with van der Waals surface area (Å²) in [5.74, 6) is 0.371. The van der Waals surface area contributed by atoms with Crippen LogP contribution in [0.1, 0.15) is 17.5 Å². The normalized spacial score (nSPS) is 16.0. The van der Waals surface area contributed by atoms with Crippen molar-refractivity contribution >= 4 is 23.6 Å². The number of rotatable bonds is 8. The monoisotopic (exact) mass is 509 g/mol. The Morgan fingerprint density at radius 2 is 2.00 bits per heavy atom. The number of benzene rings is 2. The molecule has 0 fully saturated rings. The minimum Gasteiger partial charge on any atom is -0.489 e. The smallest absolute Gasteiger partial charge is 0.422 e. The molecule has 0 saturated heterocycles. The molecule has 1 N–H and O–H groups in total. The lowest BCUT2D eigenvalue weighted by atomic mass is 10.0. The second-order valence-electron chi connectivity index (χ2n) is 8.27. The summed E-state index contributed by atoms with van der Waals surface area (Å²) in [6.07, 6.45) is -0.0931. The third-order valence-corrected chi connectivity index (χ3v) is 5.84. The molecule has 2 aliphatic heterocycles. The van der Waals surface area contributed by atoms with Crippen LogP contribution in [0.3, 0.4) is 0 Å². The second kappa shape index (κ2) is 10.6. The first-order valence-corrected chi connectivity index (χ1v) is 11.3. The van der Waals surface area contributed by atoms with E-state index in [0.717, 1.165) is 11.1 Å². The van der Waals surface area contributed by atoms with Crippen molar-refractivity contribution in [1.82, 2.24) is 4.90 Å². The molecule has 0 unspecified atom stereocenters. The quantitative estimate of drug-likeness (QED) is 0.517. The molecule has 0 amide bonds. The fourth-order valence-electron chi connectivity index (χ4n) is 3.79. The molecule has 35 heavy (non-hydrogen) atoms. The maximum absolute atomic E-state index is 12.3. The Labute approximate surface area is 205 Å². The molecular formula is C25H23ClF3NO5. The molecule has 2 heterocycles. The van der Waals surface area contributed by atoms with Gasteiger partial charge in [0.2, 0.25) is 0 Å². The summed E-state index contributed by atoms with van der Waals surface area (Å²) < 4.78 is 53.4. The SMILES string of the molecule is O=C(O)C1=CCN(CC2=Cc3ccc(OCc4ccc(OCC(F)(F)F)c(Cl)c4)cc3OC2)CC1. The third kappa shape index (κ3) is 6.93. The summed E-state index contributed by atoms with van der Waals surface area (Å²) in [5.41, 5.74) is 3.16. The van der Waals surface area contributed by atoms with Gasteiger partial charge in [-0.2, -0.15) is 13.2 Å². The van der Waals surface area contributed by atoms with E-state index in [4.69, 9.17) is 30.9 Å². The maximum atomic E-state index is 12.3. The lowest BCUT2D eigenvalue weighted by Crippen LogP contribution is -2.33. The third-order valence-electron chi connectivity index (χ3n) is 5.55. The van der Waals surface area contributed by atoms with Gasteiger partial charge in [0.15, 0.2) is 6.61 Å². The lowest BCUT2D eigenvalue weighted by molar-refractivity contribution is -0.153. The van der Waals surface area contributed by atoms with Crippen molar-refractivity contribution in [2.45, 2.75) is 19.2 Å². The van der Waals surface area contributed by atoms with Gasteiger partial charge in [0.05, 0.1) is 5.02 Å². The van der Waals surface area contributed by atoms with E-state index in [-0.39, 0.29) is 17.4 Å². The van der Waals surface area contributed by atoms with Gasteiger partial charge in [0.25, 0.3) is 0 Å². The maximum Gasteiger partial charge on any atom is 0.422 e. The minimum atomic E-state index is -4.44. The number of halogens is 4. The number of carbonyl (C=O) groups is 1. The van der Waals surface area contributed by atoms with Crippen molar-refractivity contribution in [1.29, 1.82) is 0 Å². The Kier molecular flexibility index (Phi) is 7.57. The van der Waals surface area contributed by atoms with Crippen LogP contribution in [0.25, 0.3) is 6.08 Å². The van der Waals surface area contributed by atoms with Crippen LogP contribution in [0.2, 0.25) is 5.02 Å². The highest BCUT2D eigenvalue weighted by Gasteiger charge is 2.28. The Morgan fingerprint density at radius 3 is 2.69 bits per heavy atom. The molecule has 0 aromatic heterocycles. The molecule has 6 nitrogen and oxygen atoms in total. The highest BCUT2D eigenvalue weighted by Crippen LogP contribution is 2.32. The Balaban J connectivity index is 1.32. The number of fused-ring (bicyclic) bond motifs is 1. The molecule has 0 aliphatic carbocycles. The highest BCUT2D eigenvalue weighted by atomic mass is 35.5. The topological polar surface area (TPSA) is 68.2 Å². The highest BCUT2D eigenvalue weighted by molar-refractivity contribution is 6.32. The van der Waals surface area contributed by atoms with Gasteiger partial charge in [0, 0.05) is 36.8 Å². The van der Waals surface area contributed by atoms with Crippen molar-refractivity contribution in [3.63, 3.8) is 0 Å². The standard InChI is InChI=1S/C25H23ClF3NO5/c26-21-10-16(1-4-22(21)35-15-25(27,28)29)13-33-20-3-2-19-9-17(14-34-23(19)11-20)12-30-7-5-18(6-8-30)24(31)32/h1-5,9-11H,6-8,12-15H2,(H,31,32). The number of carboxylic acids is 1. The van der Waals surface area contributed by atoms with E-state index in [2.05, 4.69) is 11.0 Å². The Hall–Kier alpha value is -3.17. The van der Waals surface area contributed by atoms with E-state index >= 15 is 0 Å². The van der Waals surface area contributed by atoms with Crippen molar-refractivity contribution in [2.75, 3.05) is 32.8 Å². The van der Waals surface area contributed by atoms with Crippen LogP contribution in [0.5, 0.6) is 17.2 Å². The summed E-state index contributed by atoms with van der Waals surface area (Å²) in [4.78, 5) is 13.2. The molecular weight excluding hydrogens is 487 g/mol. The summed E-state index contributed by atoms with van der Waals surface area (Å²) in [6.45, 7) is 1.17. The van der Waals surface area contributed by atoms with E-state index in [1.54, 1.807) is 18.2 Å². The van der Waals surface area contributed by atoms with Crippen molar-refractivity contribution in [2.24, 2.45) is 0 Å². The molecule has 2 aromatic carbocycles. The molecule has 0 atom stereocenters. The molecule has 0 radical (unpaired) electrons. The van der Waals surface area contributed by atoms with Gasteiger partial charge in [-0.3, -0.25) is 4.90 Å². The van der Waals surface area contributed by atoms with Gasteiger partial charge < -0.3 is 19.3 Å². The molecule has 0 saturated carbocycles. The largest absolute Gasteiger partial charge is 0.489 e. The summed E-state index contributed by atoms with van der Waals surface area (Å²) in [5, 5.41) is 9.15. The zero-order valence-corrected chi connectivity index (χ0v) is 19.4. The number of hydrogen-bond donors (Lipinski definition) is 1. The molecule has 4 rings (SSSR count). The van der Waals surface area contributed by atoms with E-state index < -0.39 is 18.8 Å². The van der Waals surface area contributed by atoms with Crippen LogP contribution in [-0.2, 0) is 11.4 Å². The van der Waals surface area contributed by atoms with Crippen LogP contribution < -0.4 is 14.2 Å². The summed E-state index contributed by atoms with van der Waals surface area (Å²) in [7, 11) is 0. The van der Waals surface area contributed by atoms with Crippen molar-refractivity contribution < 1.29 is 37.3 Å². The zero-order valence-electron chi connectivity index (χ0n) is 18.6. The van der Waals surface area contributed by atoms with Crippen LogP contribution in [0, 0.1) is 0 Å². The van der Waals surface area contributed by atoms with Crippen LogP contribution in [-0.4, -0.2) is 55.0 Å². The number of aliphatic carboxylic acids is 1. The first-order chi connectivity index (χ1) is 16.7. The number of alkyl halides is 3. The molecule has 0 bridgehead atoms. The van der Waals surface area contributed by atoms with Crippen LogP contribution in [0.4, 0.5) is 13.2 Å². The predicted octanol–water partition coefficient (Wildman–Crippen LogP) is 5.35. The minimum absolute atomic E-state index is 0.0413. The first kappa shape index (κ1) is 24.9. The molecule has 2 aliphatic rings. The van der Waals surface area contributed by atoms with Crippen molar-refractivity contribution in [3.8, 4) is 17.2 Å². The molecule has 10 heteroatoms. The average Bonchev–Trinajstić information content (AvgIpc) is 2.82. The number of carboxylic acid groups (broad SMARTS) is 1. The molecule has 2 aromatic rings. The van der Waals surface area contributed by atoms with Crippen LogP contribution in [0.15, 0.2) is 53.6 Å². The number of nitrogens with zero attached hydrogens (tertiary/aromatic N) is 1. The number of ether oxygens (including phenoxy) is 3. The van der Waals surface area contributed by atoms with E-state index in [9.17, 15) is 18.0 Å². The van der Waals surface area contributed by atoms with Gasteiger partial charge in [-0.15, -0.1) is 0 Å². The Morgan fingerprint density at radius 1 is 1.17 bits per heavy atom. The van der Waals surface area contributed by atoms with Gasteiger partial charge in [0.1, 0.15) is 30.5 Å². The zero-order chi connectivity index (χ0) is 25.0. The van der Waals surface area contributed by atoms with E-state index in [1.165, 1.54) is 12.1 Å². The first-order valence-electron chi connectivity index (χ1n) is 10.9. The van der Waals surface area contributed by atoms with Crippen LogP contribution >= 0.6 is 11.6 Å². The summed E-state index contributed by atoms with van der Waals surface area (Å²) in [6, 6.07) is 9.98. The van der Waals surface area contributed by atoms with Crippen molar-refractivity contribution in [3.05, 3.63) is 69.8 Å². The fraction of sp³-hybridized carbons (Fsp3) is 0.320.